The van der Waals surface area contributed by atoms with Gasteiger partial charge in [0.1, 0.15) is 5.75 Å². The van der Waals surface area contributed by atoms with Crippen molar-refractivity contribution in [2.24, 2.45) is 5.73 Å². The molecule has 0 amide bonds. The van der Waals surface area contributed by atoms with Crippen molar-refractivity contribution in [3.05, 3.63) is 23.3 Å². The first-order valence-corrected chi connectivity index (χ1v) is 5.03. The van der Waals surface area contributed by atoms with Crippen molar-refractivity contribution in [1.82, 2.24) is 0 Å². The Morgan fingerprint density at radius 3 is 3.00 bits per heavy atom. The third-order valence-corrected chi connectivity index (χ3v) is 2.74. The van der Waals surface area contributed by atoms with Gasteiger partial charge in [-0.05, 0) is 18.1 Å². The molecule has 1 aliphatic heterocycles. The van der Waals surface area contributed by atoms with Crippen LogP contribution in [0.15, 0.2) is 12.1 Å². The average Bonchev–Trinajstić information content (AvgIpc) is 2.20. The molecule has 3 heteroatoms. The van der Waals surface area contributed by atoms with Crippen molar-refractivity contribution in [2.75, 3.05) is 12.3 Å². The highest BCUT2D eigenvalue weighted by Gasteiger charge is 2.22. The maximum Gasteiger partial charge on any atom is 0.147 e. The summed E-state index contributed by atoms with van der Waals surface area (Å²) < 4.78 is 5.56. The molecule has 0 fully saturated rings. The Bertz CT molecular complexity index is 349. The lowest BCUT2D eigenvalue weighted by atomic mass is 9.94. The molecule has 1 unspecified atom stereocenters. The van der Waals surface area contributed by atoms with E-state index in [9.17, 15) is 0 Å². The summed E-state index contributed by atoms with van der Waals surface area (Å²) in [6.07, 6.45) is 1.85. The summed E-state index contributed by atoms with van der Waals surface area (Å²) in [5, 5.41) is 0. The van der Waals surface area contributed by atoms with Crippen molar-refractivity contribution in [2.45, 2.75) is 25.8 Å². The topological polar surface area (TPSA) is 61.3 Å². The van der Waals surface area contributed by atoms with Crippen LogP contribution in [0.1, 0.15) is 30.5 Å². The van der Waals surface area contributed by atoms with Gasteiger partial charge >= 0.3 is 0 Å². The number of ether oxygens (including phenoxy) is 1. The van der Waals surface area contributed by atoms with E-state index in [0.29, 0.717) is 12.3 Å². The van der Waals surface area contributed by atoms with Gasteiger partial charge in [0.05, 0.1) is 12.3 Å². The predicted molar refractivity (Wildman–Crippen MR) is 57.3 cm³/mol. The first-order valence-electron chi connectivity index (χ1n) is 5.03. The lowest BCUT2D eigenvalue weighted by molar-refractivity contribution is 0.269. The second-order valence-electron chi connectivity index (χ2n) is 3.65. The molecular formula is C11H16N2O. The SMILES string of the molecule is CCc1ccc(N)c2c1C(N)CCO2. The van der Waals surface area contributed by atoms with Crippen LogP contribution in [0.3, 0.4) is 0 Å². The number of fused-ring (bicyclic) bond motifs is 1. The first-order chi connectivity index (χ1) is 6.74. The minimum Gasteiger partial charge on any atom is -0.491 e. The Hall–Kier alpha value is -1.22. The van der Waals surface area contributed by atoms with Crippen LogP contribution in [0.4, 0.5) is 5.69 Å². The molecule has 1 aliphatic rings. The Morgan fingerprint density at radius 1 is 1.50 bits per heavy atom. The van der Waals surface area contributed by atoms with Crippen LogP contribution in [0.2, 0.25) is 0 Å². The highest BCUT2D eigenvalue weighted by atomic mass is 16.5. The maximum atomic E-state index is 6.06. The number of hydrogen-bond donors (Lipinski definition) is 2. The molecule has 2 rings (SSSR count). The average molecular weight is 192 g/mol. The number of benzene rings is 1. The zero-order valence-electron chi connectivity index (χ0n) is 8.42. The summed E-state index contributed by atoms with van der Waals surface area (Å²) in [5.41, 5.74) is 15.0. The Kier molecular flexibility index (Phi) is 2.33. The van der Waals surface area contributed by atoms with Crippen LogP contribution in [0.5, 0.6) is 5.75 Å². The number of nitrogens with two attached hydrogens (primary N) is 2. The largest absolute Gasteiger partial charge is 0.491 e. The predicted octanol–water partition coefficient (Wildman–Crippen LogP) is 1.61. The van der Waals surface area contributed by atoms with E-state index in [4.69, 9.17) is 16.2 Å². The summed E-state index contributed by atoms with van der Waals surface area (Å²) in [6.45, 7) is 2.79. The van der Waals surface area contributed by atoms with E-state index in [-0.39, 0.29) is 6.04 Å². The van der Waals surface area contributed by atoms with Gasteiger partial charge in [-0.1, -0.05) is 13.0 Å². The Labute approximate surface area is 84.0 Å². The fourth-order valence-electron chi connectivity index (χ4n) is 1.97. The third-order valence-electron chi connectivity index (χ3n) is 2.74. The van der Waals surface area contributed by atoms with Crippen LogP contribution < -0.4 is 16.2 Å². The molecule has 76 valence electrons. The van der Waals surface area contributed by atoms with Gasteiger partial charge < -0.3 is 16.2 Å². The van der Waals surface area contributed by atoms with Gasteiger partial charge in [0.25, 0.3) is 0 Å². The van der Waals surface area contributed by atoms with Crippen LogP contribution in [0, 0.1) is 0 Å². The smallest absolute Gasteiger partial charge is 0.147 e. The molecule has 1 aromatic rings. The quantitative estimate of drug-likeness (QED) is 0.664. The van der Waals surface area contributed by atoms with Crippen molar-refractivity contribution < 1.29 is 4.74 Å². The summed E-state index contributed by atoms with van der Waals surface area (Å²) >= 11 is 0. The van der Waals surface area contributed by atoms with E-state index in [1.807, 2.05) is 12.1 Å². The number of aryl methyl sites for hydroxylation is 1. The van der Waals surface area contributed by atoms with Crippen molar-refractivity contribution in [3.63, 3.8) is 0 Å². The van der Waals surface area contributed by atoms with E-state index in [2.05, 4.69) is 6.92 Å². The molecule has 0 aromatic heterocycles. The maximum absolute atomic E-state index is 6.06. The van der Waals surface area contributed by atoms with E-state index >= 15 is 0 Å². The minimum atomic E-state index is 0.0807. The first kappa shape index (κ1) is 9.34. The fraction of sp³-hybridized carbons (Fsp3) is 0.455. The van der Waals surface area contributed by atoms with Crippen LogP contribution in [-0.2, 0) is 6.42 Å². The molecule has 0 spiro atoms. The molecule has 1 heterocycles. The van der Waals surface area contributed by atoms with Gasteiger partial charge in [0.15, 0.2) is 0 Å². The highest BCUT2D eigenvalue weighted by Crippen LogP contribution is 2.38. The highest BCUT2D eigenvalue weighted by molar-refractivity contribution is 5.61. The van der Waals surface area contributed by atoms with Gasteiger partial charge in [0, 0.05) is 18.0 Å². The van der Waals surface area contributed by atoms with E-state index in [1.54, 1.807) is 0 Å². The molecule has 0 saturated carbocycles. The summed E-state index contributed by atoms with van der Waals surface area (Å²) in [5.74, 6) is 0.808. The van der Waals surface area contributed by atoms with Crippen molar-refractivity contribution in [3.8, 4) is 5.75 Å². The number of hydrogen-bond acceptors (Lipinski definition) is 3. The molecule has 3 nitrogen and oxygen atoms in total. The molecular weight excluding hydrogens is 176 g/mol. The lowest BCUT2D eigenvalue weighted by Gasteiger charge is -2.26. The lowest BCUT2D eigenvalue weighted by Crippen LogP contribution is -2.22. The van der Waals surface area contributed by atoms with Gasteiger partial charge in [-0.3, -0.25) is 0 Å². The molecule has 14 heavy (non-hydrogen) atoms. The number of rotatable bonds is 1. The molecule has 0 bridgehead atoms. The molecule has 4 N–H and O–H groups in total. The zero-order valence-corrected chi connectivity index (χ0v) is 8.42. The molecule has 1 atom stereocenters. The monoisotopic (exact) mass is 192 g/mol. The normalized spacial score (nSPS) is 20.0. The summed E-state index contributed by atoms with van der Waals surface area (Å²) in [6, 6.07) is 4.02. The van der Waals surface area contributed by atoms with Gasteiger partial charge in [0.2, 0.25) is 0 Å². The van der Waals surface area contributed by atoms with Crippen LogP contribution in [-0.4, -0.2) is 6.61 Å². The number of anilines is 1. The minimum absolute atomic E-state index is 0.0807. The van der Waals surface area contributed by atoms with E-state index in [0.717, 1.165) is 24.2 Å². The van der Waals surface area contributed by atoms with Gasteiger partial charge in [-0.25, -0.2) is 0 Å². The summed E-state index contributed by atoms with van der Waals surface area (Å²) in [4.78, 5) is 0. The van der Waals surface area contributed by atoms with Crippen LogP contribution in [0.25, 0.3) is 0 Å². The molecule has 0 radical (unpaired) electrons. The van der Waals surface area contributed by atoms with E-state index in [1.165, 1.54) is 5.56 Å². The van der Waals surface area contributed by atoms with Gasteiger partial charge in [-0.15, -0.1) is 0 Å². The Balaban J connectivity index is 2.58. The fourth-order valence-corrected chi connectivity index (χ4v) is 1.97. The van der Waals surface area contributed by atoms with Crippen molar-refractivity contribution >= 4 is 5.69 Å². The van der Waals surface area contributed by atoms with Crippen molar-refractivity contribution in [1.29, 1.82) is 0 Å². The zero-order chi connectivity index (χ0) is 10.1. The second-order valence-corrected chi connectivity index (χ2v) is 3.65. The van der Waals surface area contributed by atoms with E-state index < -0.39 is 0 Å². The van der Waals surface area contributed by atoms with Crippen LogP contribution >= 0.6 is 0 Å². The Morgan fingerprint density at radius 2 is 2.29 bits per heavy atom. The third kappa shape index (κ3) is 1.34. The standard InChI is InChI=1S/C11H16N2O/c1-2-7-3-4-9(13)11-10(7)8(12)5-6-14-11/h3-4,8H,2,5-6,12-13H2,1H3. The molecule has 1 aromatic carbocycles. The molecule has 0 aliphatic carbocycles. The summed E-state index contributed by atoms with van der Waals surface area (Å²) in [7, 11) is 0. The number of nitrogen functional groups attached to an aromatic ring is 1. The second kappa shape index (κ2) is 3.50. The van der Waals surface area contributed by atoms with Gasteiger partial charge in [-0.2, -0.15) is 0 Å². The molecule has 0 saturated heterocycles.